The second kappa shape index (κ2) is 8.39. The van der Waals surface area contributed by atoms with E-state index >= 15 is 0 Å². The Bertz CT molecular complexity index is 470. The van der Waals surface area contributed by atoms with E-state index in [9.17, 15) is 4.79 Å². The van der Waals surface area contributed by atoms with Crippen LogP contribution in [0.3, 0.4) is 0 Å². The zero-order valence-electron chi connectivity index (χ0n) is 13.7. The number of likely N-dealkylation sites (N-methyl/N-ethyl adjacent to an activating group) is 1. The fraction of sp³-hybridized carbons (Fsp3) is 0.588. The SMILES string of the molecule is Cc1ccc(OCCN(C)C(=O)C2(C)CCCNC2)cc1.Cl. The lowest BCUT2D eigenvalue weighted by Gasteiger charge is -2.36. The fourth-order valence-electron chi connectivity index (χ4n) is 2.74. The molecule has 1 aromatic carbocycles. The van der Waals surface area contributed by atoms with Crippen molar-refractivity contribution in [3.8, 4) is 5.75 Å². The molecule has 4 nitrogen and oxygen atoms in total. The third-order valence-electron chi connectivity index (χ3n) is 4.18. The molecule has 1 heterocycles. The summed E-state index contributed by atoms with van der Waals surface area (Å²) in [5.74, 6) is 1.06. The number of piperidine rings is 1. The van der Waals surface area contributed by atoms with Crippen LogP contribution in [0.15, 0.2) is 24.3 Å². The summed E-state index contributed by atoms with van der Waals surface area (Å²) in [4.78, 5) is 14.3. The number of aryl methyl sites for hydroxylation is 1. The lowest BCUT2D eigenvalue weighted by atomic mass is 9.81. The molecule has 0 bridgehead atoms. The number of ether oxygens (including phenoxy) is 1. The number of rotatable bonds is 5. The van der Waals surface area contributed by atoms with Crippen LogP contribution in [0, 0.1) is 12.3 Å². The number of hydrogen-bond acceptors (Lipinski definition) is 3. The zero-order valence-corrected chi connectivity index (χ0v) is 14.5. The maximum absolute atomic E-state index is 12.5. The molecule has 1 unspecified atom stereocenters. The minimum Gasteiger partial charge on any atom is -0.492 e. The summed E-state index contributed by atoms with van der Waals surface area (Å²) in [5, 5.41) is 3.32. The van der Waals surface area contributed by atoms with E-state index in [1.165, 1.54) is 5.56 Å². The molecular weight excluding hydrogens is 300 g/mol. The highest BCUT2D eigenvalue weighted by Crippen LogP contribution is 2.27. The summed E-state index contributed by atoms with van der Waals surface area (Å²) >= 11 is 0. The number of nitrogens with zero attached hydrogens (tertiary/aromatic N) is 1. The van der Waals surface area contributed by atoms with Gasteiger partial charge < -0.3 is 15.0 Å². The summed E-state index contributed by atoms with van der Waals surface area (Å²) < 4.78 is 5.69. The number of nitrogens with one attached hydrogen (secondary N) is 1. The van der Waals surface area contributed by atoms with Gasteiger partial charge >= 0.3 is 0 Å². The molecular formula is C17H27ClN2O2. The molecule has 5 heteroatoms. The van der Waals surface area contributed by atoms with Crippen LogP contribution in [-0.4, -0.2) is 44.1 Å². The standard InChI is InChI=1S/C17H26N2O2.ClH/c1-14-5-7-15(8-6-14)21-12-11-19(3)16(20)17(2)9-4-10-18-13-17;/h5-8,18H,4,9-13H2,1-3H3;1H. The Kier molecular flexibility index (Phi) is 7.17. The minimum absolute atomic E-state index is 0. The van der Waals surface area contributed by atoms with E-state index < -0.39 is 0 Å². The summed E-state index contributed by atoms with van der Waals surface area (Å²) in [7, 11) is 1.86. The molecule has 1 aromatic rings. The van der Waals surface area contributed by atoms with Crippen LogP contribution >= 0.6 is 12.4 Å². The number of halogens is 1. The van der Waals surface area contributed by atoms with E-state index in [1.54, 1.807) is 4.90 Å². The van der Waals surface area contributed by atoms with Crippen LogP contribution in [0.1, 0.15) is 25.3 Å². The molecule has 0 spiro atoms. The van der Waals surface area contributed by atoms with Gasteiger partial charge in [-0.3, -0.25) is 4.79 Å². The van der Waals surface area contributed by atoms with E-state index in [0.717, 1.165) is 31.7 Å². The van der Waals surface area contributed by atoms with Crippen molar-refractivity contribution in [2.45, 2.75) is 26.7 Å². The van der Waals surface area contributed by atoms with Crippen LogP contribution in [-0.2, 0) is 4.79 Å². The van der Waals surface area contributed by atoms with Gasteiger partial charge in [0.05, 0.1) is 12.0 Å². The van der Waals surface area contributed by atoms with Gasteiger partial charge in [0.2, 0.25) is 5.91 Å². The molecule has 1 N–H and O–H groups in total. The highest BCUT2D eigenvalue weighted by molar-refractivity contribution is 5.85. The Labute approximate surface area is 139 Å². The average molecular weight is 327 g/mol. The van der Waals surface area contributed by atoms with Crippen molar-refractivity contribution >= 4 is 18.3 Å². The second-order valence-corrected chi connectivity index (χ2v) is 6.23. The Morgan fingerprint density at radius 3 is 2.64 bits per heavy atom. The fourth-order valence-corrected chi connectivity index (χ4v) is 2.74. The van der Waals surface area contributed by atoms with Crippen LogP contribution in [0.2, 0.25) is 0 Å². The predicted molar refractivity (Wildman–Crippen MR) is 91.8 cm³/mol. The largest absolute Gasteiger partial charge is 0.492 e. The monoisotopic (exact) mass is 326 g/mol. The van der Waals surface area contributed by atoms with E-state index in [1.807, 2.05) is 31.3 Å². The summed E-state index contributed by atoms with van der Waals surface area (Å²) in [6.07, 6.45) is 2.03. The number of carbonyl (C=O) groups is 1. The molecule has 2 rings (SSSR count). The predicted octanol–water partition coefficient (Wildman–Crippen LogP) is 2.64. The highest BCUT2D eigenvalue weighted by atomic mass is 35.5. The number of amides is 1. The summed E-state index contributed by atoms with van der Waals surface area (Å²) in [6, 6.07) is 7.98. The van der Waals surface area contributed by atoms with Gasteiger partial charge in [-0.15, -0.1) is 12.4 Å². The molecule has 0 aromatic heterocycles. The number of hydrogen-bond donors (Lipinski definition) is 1. The highest BCUT2D eigenvalue weighted by Gasteiger charge is 2.36. The van der Waals surface area contributed by atoms with Crippen molar-refractivity contribution in [1.29, 1.82) is 0 Å². The molecule has 124 valence electrons. The third-order valence-corrected chi connectivity index (χ3v) is 4.18. The third kappa shape index (κ3) is 4.89. The molecule has 1 aliphatic rings. The van der Waals surface area contributed by atoms with Crippen molar-refractivity contribution in [2.75, 3.05) is 33.3 Å². The summed E-state index contributed by atoms with van der Waals surface area (Å²) in [6.45, 7) is 7.03. The Morgan fingerprint density at radius 1 is 1.36 bits per heavy atom. The van der Waals surface area contributed by atoms with Gasteiger partial charge in [-0.25, -0.2) is 0 Å². The van der Waals surface area contributed by atoms with E-state index in [4.69, 9.17) is 4.74 Å². The first kappa shape index (κ1) is 18.8. The second-order valence-electron chi connectivity index (χ2n) is 6.23. The van der Waals surface area contributed by atoms with Crippen molar-refractivity contribution in [2.24, 2.45) is 5.41 Å². The molecule has 1 amide bonds. The molecule has 0 aliphatic carbocycles. The van der Waals surface area contributed by atoms with Gasteiger partial charge in [0, 0.05) is 13.6 Å². The normalized spacial score (nSPS) is 20.9. The van der Waals surface area contributed by atoms with Crippen molar-refractivity contribution in [1.82, 2.24) is 10.2 Å². The van der Waals surface area contributed by atoms with Gasteiger partial charge in [-0.2, -0.15) is 0 Å². The lowest BCUT2D eigenvalue weighted by Crippen LogP contribution is -2.49. The molecule has 1 aliphatic heterocycles. The Morgan fingerprint density at radius 2 is 2.05 bits per heavy atom. The molecule has 1 atom stereocenters. The van der Waals surface area contributed by atoms with Gasteiger partial charge in [0.1, 0.15) is 12.4 Å². The molecule has 1 fully saturated rings. The molecule has 0 radical (unpaired) electrons. The number of benzene rings is 1. The first-order valence-corrected chi connectivity index (χ1v) is 7.67. The van der Waals surface area contributed by atoms with Gasteiger partial charge in [-0.05, 0) is 45.4 Å². The lowest BCUT2D eigenvalue weighted by molar-refractivity contribution is -0.141. The van der Waals surface area contributed by atoms with Crippen LogP contribution in [0.4, 0.5) is 0 Å². The molecule has 0 saturated carbocycles. The maximum atomic E-state index is 12.5. The molecule has 22 heavy (non-hydrogen) atoms. The van der Waals surface area contributed by atoms with Crippen LogP contribution < -0.4 is 10.1 Å². The summed E-state index contributed by atoms with van der Waals surface area (Å²) in [5.41, 5.74) is 0.948. The van der Waals surface area contributed by atoms with Gasteiger partial charge in [0.25, 0.3) is 0 Å². The van der Waals surface area contributed by atoms with Gasteiger partial charge in [0.15, 0.2) is 0 Å². The van der Waals surface area contributed by atoms with Crippen molar-refractivity contribution in [3.05, 3.63) is 29.8 Å². The van der Waals surface area contributed by atoms with Crippen LogP contribution in [0.5, 0.6) is 5.75 Å². The Hall–Kier alpha value is -1.26. The number of carbonyl (C=O) groups excluding carboxylic acids is 1. The average Bonchev–Trinajstić information content (AvgIpc) is 2.49. The quantitative estimate of drug-likeness (QED) is 0.904. The zero-order chi connectivity index (χ0) is 15.3. The first-order chi connectivity index (χ1) is 10.0. The van der Waals surface area contributed by atoms with Gasteiger partial charge in [-0.1, -0.05) is 17.7 Å². The van der Waals surface area contributed by atoms with Crippen LogP contribution in [0.25, 0.3) is 0 Å². The first-order valence-electron chi connectivity index (χ1n) is 7.67. The van der Waals surface area contributed by atoms with E-state index in [-0.39, 0.29) is 23.7 Å². The molecule has 1 saturated heterocycles. The van der Waals surface area contributed by atoms with E-state index in [2.05, 4.69) is 19.2 Å². The topological polar surface area (TPSA) is 41.6 Å². The Balaban J connectivity index is 0.00000242. The minimum atomic E-state index is -0.267. The smallest absolute Gasteiger partial charge is 0.229 e. The maximum Gasteiger partial charge on any atom is 0.229 e. The van der Waals surface area contributed by atoms with Crippen molar-refractivity contribution in [3.63, 3.8) is 0 Å². The van der Waals surface area contributed by atoms with E-state index in [0.29, 0.717) is 13.2 Å². The van der Waals surface area contributed by atoms with Crippen molar-refractivity contribution < 1.29 is 9.53 Å².